The summed E-state index contributed by atoms with van der Waals surface area (Å²) < 4.78 is 10.6. The van der Waals surface area contributed by atoms with Gasteiger partial charge in [-0.2, -0.15) is 0 Å². The van der Waals surface area contributed by atoms with Crippen molar-refractivity contribution in [2.45, 2.75) is 25.6 Å². The summed E-state index contributed by atoms with van der Waals surface area (Å²) in [5, 5.41) is 18.4. The van der Waals surface area contributed by atoms with Crippen molar-refractivity contribution in [2.24, 2.45) is 0 Å². The lowest BCUT2D eigenvalue weighted by molar-refractivity contribution is -0.147. The molecule has 2 unspecified atom stereocenters. The number of hydrogen-bond acceptors (Lipinski definition) is 4. The molecule has 0 saturated carbocycles. The van der Waals surface area contributed by atoms with E-state index in [1.807, 2.05) is 6.92 Å². The Balaban J connectivity index is 2.46. The van der Waals surface area contributed by atoms with Crippen molar-refractivity contribution in [2.75, 3.05) is 7.11 Å². The molecule has 17 heavy (non-hydrogen) atoms. The average molecular weight is 238 g/mol. The van der Waals surface area contributed by atoms with Gasteiger partial charge < -0.3 is 19.7 Å². The number of carboxylic acids is 1. The van der Waals surface area contributed by atoms with E-state index in [-0.39, 0.29) is 11.7 Å². The molecule has 0 bridgehead atoms. The predicted octanol–water partition coefficient (Wildman–Crippen LogP) is 1.14. The van der Waals surface area contributed by atoms with Gasteiger partial charge in [-0.15, -0.1) is 0 Å². The van der Waals surface area contributed by atoms with Crippen LogP contribution in [-0.4, -0.2) is 29.4 Å². The molecule has 1 aromatic carbocycles. The van der Waals surface area contributed by atoms with Crippen LogP contribution in [0.2, 0.25) is 0 Å². The number of methoxy groups -OCH3 is 1. The first-order valence-corrected chi connectivity index (χ1v) is 5.31. The van der Waals surface area contributed by atoms with Gasteiger partial charge >= 0.3 is 5.97 Å². The molecule has 92 valence electrons. The normalized spacial score (nSPS) is 19.4. The lowest BCUT2D eigenvalue weighted by Gasteiger charge is -2.13. The van der Waals surface area contributed by atoms with Gasteiger partial charge in [0.1, 0.15) is 17.6 Å². The number of carboxylic acid groups (broad SMARTS) is 1. The highest BCUT2D eigenvalue weighted by molar-refractivity contribution is 5.75. The van der Waals surface area contributed by atoms with Gasteiger partial charge in [0.15, 0.2) is 6.10 Å². The maximum atomic E-state index is 10.8. The van der Waals surface area contributed by atoms with Crippen molar-refractivity contribution in [1.82, 2.24) is 0 Å². The molecule has 1 aromatic rings. The highest BCUT2D eigenvalue weighted by Crippen LogP contribution is 2.37. The van der Waals surface area contributed by atoms with Gasteiger partial charge in [-0.1, -0.05) is 0 Å². The SMILES string of the molecule is COc1cc2c(cc1C(O)C(=O)O)OC(C)C2. The monoisotopic (exact) mass is 238 g/mol. The minimum absolute atomic E-state index is 0.0620. The van der Waals surface area contributed by atoms with Crippen molar-refractivity contribution in [3.05, 3.63) is 23.3 Å². The summed E-state index contributed by atoms with van der Waals surface area (Å²) in [6.45, 7) is 1.93. The third-order valence-electron chi connectivity index (χ3n) is 2.78. The van der Waals surface area contributed by atoms with E-state index in [1.54, 1.807) is 6.07 Å². The largest absolute Gasteiger partial charge is 0.496 e. The summed E-state index contributed by atoms with van der Waals surface area (Å²) in [6.07, 6.45) is -0.781. The summed E-state index contributed by atoms with van der Waals surface area (Å²) in [5.74, 6) is -0.320. The number of ether oxygens (including phenoxy) is 2. The molecule has 5 nitrogen and oxygen atoms in total. The fourth-order valence-electron chi connectivity index (χ4n) is 1.98. The molecule has 0 amide bonds. The first kappa shape index (κ1) is 11.7. The summed E-state index contributed by atoms with van der Waals surface area (Å²) in [6, 6.07) is 3.26. The highest BCUT2D eigenvalue weighted by atomic mass is 16.5. The van der Waals surface area contributed by atoms with Gasteiger partial charge in [-0.3, -0.25) is 0 Å². The minimum atomic E-state index is -1.60. The Morgan fingerprint density at radius 3 is 2.88 bits per heavy atom. The second-order valence-corrected chi connectivity index (χ2v) is 4.08. The smallest absolute Gasteiger partial charge is 0.337 e. The standard InChI is InChI=1S/C12H14O5/c1-6-3-7-4-10(16-2)8(5-9(7)17-6)11(13)12(14)15/h4-6,11,13H,3H2,1-2H3,(H,14,15). The number of fused-ring (bicyclic) bond motifs is 1. The van der Waals surface area contributed by atoms with Crippen molar-refractivity contribution in [3.8, 4) is 11.5 Å². The van der Waals surface area contributed by atoms with Crippen molar-refractivity contribution in [1.29, 1.82) is 0 Å². The molecule has 0 spiro atoms. The van der Waals surface area contributed by atoms with E-state index in [9.17, 15) is 9.90 Å². The highest BCUT2D eigenvalue weighted by Gasteiger charge is 2.26. The van der Waals surface area contributed by atoms with Crippen LogP contribution in [-0.2, 0) is 11.2 Å². The molecule has 1 aliphatic rings. The van der Waals surface area contributed by atoms with E-state index in [4.69, 9.17) is 14.6 Å². The number of carbonyl (C=O) groups is 1. The number of benzene rings is 1. The predicted molar refractivity (Wildman–Crippen MR) is 59.4 cm³/mol. The summed E-state index contributed by atoms with van der Waals surface area (Å²) in [7, 11) is 1.44. The summed E-state index contributed by atoms with van der Waals surface area (Å²) in [4.78, 5) is 10.8. The summed E-state index contributed by atoms with van der Waals surface area (Å²) >= 11 is 0. The third kappa shape index (κ3) is 2.06. The quantitative estimate of drug-likeness (QED) is 0.825. The Hall–Kier alpha value is -1.75. The zero-order valence-corrected chi connectivity index (χ0v) is 9.64. The molecule has 2 N–H and O–H groups in total. The van der Waals surface area contributed by atoms with E-state index in [1.165, 1.54) is 13.2 Å². The van der Waals surface area contributed by atoms with Gasteiger partial charge in [-0.25, -0.2) is 4.79 Å². The van der Waals surface area contributed by atoms with E-state index in [2.05, 4.69) is 0 Å². The maximum absolute atomic E-state index is 10.8. The van der Waals surface area contributed by atoms with Crippen LogP contribution in [0.25, 0.3) is 0 Å². The van der Waals surface area contributed by atoms with Crippen LogP contribution in [0.4, 0.5) is 0 Å². The maximum Gasteiger partial charge on any atom is 0.337 e. The van der Waals surface area contributed by atoms with E-state index < -0.39 is 12.1 Å². The second kappa shape index (κ2) is 4.25. The van der Waals surface area contributed by atoms with Gasteiger partial charge in [0.25, 0.3) is 0 Å². The lowest BCUT2D eigenvalue weighted by Crippen LogP contribution is -2.12. The van der Waals surface area contributed by atoms with Crippen LogP contribution in [0.15, 0.2) is 12.1 Å². The van der Waals surface area contributed by atoms with Gasteiger partial charge in [0.05, 0.1) is 7.11 Å². The van der Waals surface area contributed by atoms with Crippen molar-refractivity contribution >= 4 is 5.97 Å². The molecule has 1 heterocycles. The van der Waals surface area contributed by atoms with Gasteiger partial charge in [-0.05, 0) is 19.1 Å². The molecule has 0 fully saturated rings. The first-order chi connectivity index (χ1) is 8.02. The molecule has 0 radical (unpaired) electrons. The lowest BCUT2D eigenvalue weighted by atomic mass is 10.0. The van der Waals surface area contributed by atoms with Crippen LogP contribution in [0, 0.1) is 0 Å². The fourth-order valence-corrected chi connectivity index (χ4v) is 1.98. The topological polar surface area (TPSA) is 76.0 Å². The van der Waals surface area contributed by atoms with Crippen LogP contribution < -0.4 is 9.47 Å². The number of aliphatic carboxylic acids is 1. The van der Waals surface area contributed by atoms with Gasteiger partial charge in [0, 0.05) is 17.5 Å². The van der Waals surface area contributed by atoms with Crippen LogP contribution in [0.1, 0.15) is 24.2 Å². The fraction of sp³-hybridized carbons (Fsp3) is 0.417. The zero-order valence-electron chi connectivity index (χ0n) is 9.64. The molecule has 0 aromatic heterocycles. The Bertz CT molecular complexity index is 454. The Morgan fingerprint density at radius 1 is 1.59 bits per heavy atom. The molecule has 1 aliphatic heterocycles. The number of rotatable bonds is 3. The number of hydrogen-bond donors (Lipinski definition) is 2. The Morgan fingerprint density at radius 2 is 2.29 bits per heavy atom. The zero-order chi connectivity index (χ0) is 12.6. The Kier molecular flexibility index (Phi) is 2.93. The van der Waals surface area contributed by atoms with E-state index >= 15 is 0 Å². The molecular weight excluding hydrogens is 224 g/mol. The van der Waals surface area contributed by atoms with E-state index in [0.717, 1.165) is 12.0 Å². The molecule has 5 heteroatoms. The van der Waals surface area contributed by atoms with E-state index in [0.29, 0.717) is 11.5 Å². The third-order valence-corrected chi connectivity index (χ3v) is 2.78. The van der Waals surface area contributed by atoms with Gasteiger partial charge in [0.2, 0.25) is 0 Å². The molecule has 0 aliphatic carbocycles. The minimum Gasteiger partial charge on any atom is -0.496 e. The second-order valence-electron chi connectivity index (χ2n) is 4.08. The van der Waals surface area contributed by atoms with Crippen molar-refractivity contribution < 1.29 is 24.5 Å². The summed E-state index contributed by atoms with van der Waals surface area (Å²) in [5.41, 5.74) is 1.18. The van der Waals surface area contributed by atoms with Crippen LogP contribution in [0.5, 0.6) is 11.5 Å². The molecule has 2 rings (SSSR count). The average Bonchev–Trinajstić information content (AvgIpc) is 2.65. The Labute approximate surface area is 98.6 Å². The van der Waals surface area contributed by atoms with Crippen molar-refractivity contribution in [3.63, 3.8) is 0 Å². The molecule has 0 saturated heterocycles. The molecule has 2 atom stereocenters. The van der Waals surface area contributed by atoms with Crippen LogP contribution in [0.3, 0.4) is 0 Å². The number of aliphatic hydroxyl groups is 1. The molecular formula is C12H14O5. The number of aliphatic hydroxyl groups excluding tert-OH is 1. The van der Waals surface area contributed by atoms with Crippen LogP contribution >= 0.6 is 0 Å². The first-order valence-electron chi connectivity index (χ1n) is 5.31.